The zero-order valence-corrected chi connectivity index (χ0v) is 15.6. The highest BCUT2D eigenvalue weighted by molar-refractivity contribution is 5.76. The zero-order chi connectivity index (χ0) is 18.4. The zero-order valence-electron chi connectivity index (χ0n) is 15.6. The Labute approximate surface area is 155 Å². The lowest BCUT2D eigenvalue weighted by Gasteiger charge is -2.32. The molecule has 0 radical (unpaired) electrons. The summed E-state index contributed by atoms with van der Waals surface area (Å²) in [5, 5.41) is 0. The van der Waals surface area contributed by atoms with Gasteiger partial charge in [0.2, 0.25) is 5.91 Å². The summed E-state index contributed by atoms with van der Waals surface area (Å²) < 4.78 is 24.4. The van der Waals surface area contributed by atoms with Crippen molar-refractivity contribution in [3.8, 4) is 5.75 Å². The topological polar surface area (TPSA) is 42.0 Å². The third kappa shape index (κ3) is 5.17. The van der Waals surface area contributed by atoms with Gasteiger partial charge in [-0.2, -0.15) is 0 Å². The van der Waals surface area contributed by atoms with Gasteiger partial charge in [0.05, 0.1) is 20.3 Å². The average molecular weight is 364 g/mol. The molecule has 2 aliphatic rings. The summed E-state index contributed by atoms with van der Waals surface area (Å²) in [5.74, 6) is 1.20. The molecule has 1 amide bonds. The number of morpholine rings is 1. The van der Waals surface area contributed by atoms with Crippen LogP contribution in [0.1, 0.15) is 31.2 Å². The number of likely N-dealkylation sites (tertiary alicyclic amines) is 1. The predicted molar refractivity (Wildman–Crippen MR) is 97.6 cm³/mol. The summed E-state index contributed by atoms with van der Waals surface area (Å²) >= 11 is 0. The smallest absolute Gasteiger partial charge is 0.222 e. The molecule has 0 aromatic heterocycles. The van der Waals surface area contributed by atoms with E-state index in [1.165, 1.54) is 6.07 Å². The number of halogens is 1. The Hall–Kier alpha value is -1.66. The van der Waals surface area contributed by atoms with E-state index in [0.717, 1.165) is 45.4 Å². The van der Waals surface area contributed by atoms with E-state index in [9.17, 15) is 9.18 Å². The maximum Gasteiger partial charge on any atom is 0.222 e. The summed E-state index contributed by atoms with van der Waals surface area (Å²) in [6, 6.07) is 5.06. The van der Waals surface area contributed by atoms with E-state index in [-0.39, 0.29) is 11.7 Å². The molecule has 0 atom stereocenters. The van der Waals surface area contributed by atoms with Crippen LogP contribution in [0.2, 0.25) is 0 Å². The van der Waals surface area contributed by atoms with E-state index < -0.39 is 0 Å². The first-order valence-corrected chi connectivity index (χ1v) is 9.56. The van der Waals surface area contributed by atoms with Crippen LogP contribution in [0.4, 0.5) is 4.39 Å². The monoisotopic (exact) mass is 364 g/mol. The van der Waals surface area contributed by atoms with Gasteiger partial charge < -0.3 is 14.4 Å². The van der Waals surface area contributed by atoms with Gasteiger partial charge in [-0.1, -0.05) is 6.07 Å². The average Bonchev–Trinajstić information content (AvgIpc) is 2.69. The molecule has 6 heteroatoms. The van der Waals surface area contributed by atoms with Crippen LogP contribution in [-0.4, -0.2) is 62.2 Å². The first-order chi connectivity index (χ1) is 12.7. The highest BCUT2D eigenvalue weighted by Gasteiger charge is 2.23. The number of rotatable bonds is 6. The number of amides is 1. The number of nitrogens with zero attached hydrogens (tertiary/aromatic N) is 2. The minimum absolute atomic E-state index is 0.206. The maximum atomic E-state index is 14.1. The molecule has 2 aliphatic heterocycles. The van der Waals surface area contributed by atoms with Crippen LogP contribution in [0.25, 0.3) is 0 Å². The van der Waals surface area contributed by atoms with E-state index in [1.54, 1.807) is 13.2 Å². The Balaban J connectivity index is 1.39. The second kappa shape index (κ2) is 9.33. The summed E-state index contributed by atoms with van der Waals surface area (Å²) in [4.78, 5) is 16.5. The van der Waals surface area contributed by atoms with Crippen molar-refractivity contribution in [2.24, 2.45) is 5.92 Å². The Kier molecular flexibility index (Phi) is 6.86. The van der Waals surface area contributed by atoms with Crippen LogP contribution in [-0.2, 0) is 16.1 Å². The number of hydrogen-bond donors (Lipinski definition) is 0. The van der Waals surface area contributed by atoms with Crippen LogP contribution in [0.15, 0.2) is 18.2 Å². The van der Waals surface area contributed by atoms with Gasteiger partial charge in [-0.05, 0) is 44.3 Å². The Morgan fingerprint density at radius 2 is 1.96 bits per heavy atom. The van der Waals surface area contributed by atoms with E-state index in [0.29, 0.717) is 43.4 Å². The standard InChI is InChI=1S/C20H29FN2O3/c1-25-18-4-3-17(19(21)14-18)15-22-8-6-16(7-9-22)2-5-20(24)23-10-12-26-13-11-23/h3-4,14,16H,2,5-13,15H2,1H3. The fraction of sp³-hybridized carbons (Fsp3) is 0.650. The van der Waals surface area contributed by atoms with Gasteiger partial charge in [-0.3, -0.25) is 9.69 Å². The van der Waals surface area contributed by atoms with Crippen molar-refractivity contribution in [2.75, 3.05) is 46.5 Å². The van der Waals surface area contributed by atoms with E-state index in [4.69, 9.17) is 9.47 Å². The minimum Gasteiger partial charge on any atom is -0.497 e. The van der Waals surface area contributed by atoms with Crippen LogP contribution in [0, 0.1) is 11.7 Å². The lowest BCUT2D eigenvalue weighted by atomic mass is 9.91. The number of benzene rings is 1. The number of carbonyl (C=O) groups is 1. The first-order valence-electron chi connectivity index (χ1n) is 9.56. The van der Waals surface area contributed by atoms with Gasteiger partial charge in [-0.15, -0.1) is 0 Å². The third-order valence-corrected chi connectivity index (χ3v) is 5.49. The van der Waals surface area contributed by atoms with Gasteiger partial charge >= 0.3 is 0 Å². The largest absolute Gasteiger partial charge is 0.497 e. The van der Waals surface area contributed by atoms with Crippen molar-refractivity contribution in [2.45, 2.75) is 32.2 Å². The Morgan fingerprint density at radius 1 is 1.23 bits per heavy atom. The fourth-order valence-electron chi connectivity index (χ4n) is 3.76. The van der Waals surface area contributed by atoms with Crippen LogP contribution >= 0.6 is 0 Å². The van der Waals surface area contributed by atoms with Gasteiger partial charge in [0.15, 0.2) is 0 Å². The summed E-state index contributed by atoms with van der Waals surface area (Å²) in [7, 11) is 1.54. The number of piperidine rings is 1. The molecule has 0 saturated carbocycles. The fourth-order valence-corrected chi connectivity index (χ4v) is 3.76. The lowest BCUT2D eigenvalue weighted by Crippen LogP contribution is -2.41. The van der Waals surface area contributed by atoms with Crippen molar-refractivity contribution in [3.05, 3.63) is 29.6 Å². The second-order valence-electron chi connectivity index (χ2n) is 7.21. The van der Waals surface area contributed by atoms with Crippen molar-refractivity contribution in [1.29, 1.82) is 0 Å². The van der Waals surface area contributed by atoms with Crippen LogP contribution < -0.4 is 4.74 Å². The lowest BCUT2D eigenvalue weighted by molar-refractivity contribution is -0.135. The molecular formula is C20H29FN2O3. The molecule has 0 N–H and O–H groups in total. The highest BCUT2D eigenvalue weighted by Crippen LogP contribution is 2.25. The van der Waals surface area contributed by atoms with Gasteiger partial charge in [0.25, 0.3) is 0 Å². The van der Waals surface area contributed by atoms with E-state index >= 15 is 0 Å². The number of methoxy groups -OCH3 is 1. The van der Waals surface area contributed by atoms with Crippen LogP contribution in [0.3, 0.4) is 0 Å². The van der Waals surface area contributed by atoms with Crippen molar-refractivity contribution in [1.82, 2.24) is 9.80 Å². The SMILES string of the molecule is COc1ccc(CN2CCC(CCC(=O)N3CCOCC3)CC2)c(F)c1. The van der Waals surface area contributed by atoms with Gasteiger partial charge in [0, 0.05) is 37.7 Å². The highest BCUT2D eigenvalue weighted by atomic mass is 19.1. The van der Waals surface area contributed by atoms with Gasteiger partial charge in [-0.25, -0.2) is 4.39 Å². The molecule has 5 nitrogen and oxygen atoms in total. The molecule has 2 saturated heterocycles. The second-order valence-corrected chi connectivity index (χ2v) is 7.21. The maximum absolute atomic E-state index is 14.1. The molecule has 0 unspecified atom stereocenters. The van der Waals surface area contributed by atoms with Crippen molar-refractivity contribution < 1.29 is 18.7 Å². The molecule has 0 aliphatic carbocycles. The van der Waals surface area contributed by atoms with Gasteiger partial charge in [0.1, 0.15) is 11.6 Å². The molecule has 1 aromatic rings. The van der Waals surface area contributed by atoms with E-state index in [1.807, 2.05) is 11.0 Å². The molecule has 1 aromatic carbocycles. The normalized spacial score (nSPS) is 19.5. The molecule has 26 heavy (non-hydrogen) atoms. The molecule has 144 valence electrons. The quantitative estimate of drug-likeness (QED) is 0.778. The van der Waals surface area contributed by atoms with Crippen molar-refractivity contribution >= 4 is 5.91 Å². The molecular weight excluding hydrogens is 335 g/mol. The molecule has 2 heterocycles. The number of carbonyl (C=O) groups excluding carboxylic acids is 1. The summed E-state index contributed by atoms with van der Waals surface area (Å²) in [6.07, 6.45) is 3.75. The predicted octanol–water partition coefficient (Wildman–Crippen LogP) is 2.69. The molecule has 0 bridgehead atoms. The van der Waals surface area contributed by atoms with Crippen LogP contribution in [0.5, 0.6) is 5.75 Å². The van der Waals surface area contributed by atoms with E-state index in [2.05, 4.69) is 4.90 Å². The molecule has 0 spiro atoms. The third-order valence-electron chi connectivity index (χ3n) is 5.49. The summed E-state index contributed by atoms with van der Waals surface area (Å²) in [5.41, 5.74) is 0.715. The Morgan fingerprint density at radius 3 is 2.62 bits per heavy atom. The number of hydrogen-bond acceptors (Lipinski definition) is 4. The first kappa shape index (κ1) is 19.1. The molecule has 2 fully saturated rings. The Bertz CT molecular complexity index is 597. The number of ether oxygens (including phenoxy) is 2. The van der Waals surface area contributed by atoms with Crippen molar-refractivity contribution in [3.63, 3.8) is 0 Å². The molecule has 3 rings (SSSR count). The minimum atomic E-state index is -0.206. The summed E-state index contributed by atoms with van der Waals surface area (Å²) in [6.45, 7) is 5.33.